The van der Waals surface area contributed by atoms with Crippen molar-refractivity contribution in [3.05, 3.63) is 51.2 Å². The molecule has 0 N–H and O–H groups in total. The third-order valence-electron chi connectivity index (χ3n) is 4.12. The normalized spacial score (nSPS) is 19.2. The van der Waals surface area contributed by atoms with Crippen LogP contribution in [0.5, 0.6) is 0 Å². The molecule has 0 saturated carbocycles. The zero-order valence-corrected chi connectivity index (χ0v) is 15.4. The van der Waals surface area contributed by atoms with Crippen molar-refractivity contribution in [2.24, 2.45) is 0 Å². The lowest BCUT2D eigenvalue weighted by Crippen LogP contribution is -2.41. The average molecular weight is 404 g/mol. The van der Waals surface area contributed by atoms with Crippen LogP contribution in [0.4, 0.5) is 0 Å². The van der Waals surface area contributed by atoms with Crippen molar-refractivity contribution < 1.29 is 8.42 Å². The number of aromatic nitrogens is 1. The van der Waals surface area contributed by atoms with Crippen molar-refractivity contribution >= 4 is 37.6 Å². The van der Waals surface area contributed by atoms with Gasteiger partial charge < -0.3 is 4.57 Å². The minimum atomic E-state index is -3.62. The van der Waals surface area contributed by atoms with Gasteiger partial charge in [-0.15, -0.1) is 0 Å². The molecule has 0 saturated heterocycles. The minimum absolute atomic E-state index is 0.154. The van der Waals surface area contributed by atoms with Gasteiger partial charge in [0.2, 0.25) is 10.0 Å². The number of halogens is 2. The molecule has 1 aromatic heterocycles. The highest BCUT2D eigenvalue weighted by Gasteiger charge is 2.35. The van der Waals surface area contributed by atoms with Gasteiger partial charge in [-0.3, -0.25) is 0 Å². The first-order chi connectivity index (χ1) is 10.3. The highest BCUT2D eigenvalue weighted by Crippen LogP contribution is 2.35. The Morgan fingerprint density at radius 2 is 1.95 bits per heavy atom. The standard InChI is InChI=1S/C15H16BrClN2O2S/c1-10-3-5-14-11(2)19(8-7-18(10)14)22(20,21)15-6-4-12(16)9-13(15)17/h3-6,9,11H,7-8H2,1-2H3/t11-/m1/s1. The molecule has 0 aliphatic carbocycles. The van der Waals surface area contributed by atoms with Crippen LogP contribution in [0.3, 0.4) is 0 Å². The van der Waals surface area contributed by atoms with Crippen LogP contribution in [-0.2, 0) is 16.6 Å². The summed E-state index contributed by atoms with van der Waals surface area (Å²) in [5.41, 5.74) is 2.17. The van der Waals surface area contributed by atoms with Gasteiger partial charge in [0.15, 0.2) is 0 Å². The molecular formula is C15H16BrClN2O2S. The quantitative estimate of drug-likeness (QED) is 0.761. The van der Waals surface area contributed by atoms with E-state index in [4.69, 9.17) is 11.6 Å². The maximum absolute atomic E-state index is 13.0. The fraction of sp³-hybridized carbons (Fsp3) is 0.333. The zero-order chi connectivity index (χ0) is 16.1. The number of benzene rings is 1. The molecular weight excluding hydrogens is 388 g/mol. The van der Waals surface area contributed by atoms with Gasteiger partial charge in [-0.25, -0.2) is 8.42 Å². The van der Waals surface area contributed by atoms with E-state index in [9.17, 15) is 8.42 Å². The first-order valence-electron chi connectivity index (χ1n) is 6.95. The molecule has 0 bridgehead atoms. The summed E-state index contributed by atoms with van der Waals surface area (Å²) >= 11 is 9.44. The van der Waals surface area contributed by atoms with Crippen molar-refractivity contribution in [3.8, 4) is 0 Å². The molecule has 2 aromatic rings. The lowest BCUT2D eigenvalue weighted by molar-refractivity contribution is 0.280. The Hall–Kier alpha value is -0.820. The Balaban J connectivity index is 2.03. The second-order valence-electron chi connectivity index (χ2n) is 5.42. The van der Waals surface area contributed by atoms with E-state index in [0.717, 1.165) is 15.9 Å². The number of hydrogen-bond acceptors (Lipinski definition) is 2. The Morgan fingerprint density at radius 1 is 1.23 bits per heavy atom. The van der Waals surface area contributed by atoms with Gasteiger partial charge in [-0.2, -0.15) is 4.31 Å². The van der Waals surface area contributed by atoms with E-state index in [1.165, 1.54) is 4.31 Å². The van der Waals surface area contributed by atoms with E-state index in [-0.39, 0.29) is 16.0 Å². The van der Waals surface area contributed by atoms with Gasteiger partial charge in [-0.1, -0.05) is 27.5 Å². The molecule has 0 radical (unpaired) electrons. The molecule has 0 spiro atoms. The maximum Gasteiger partial charge on any atom is 0.245 e. The summed E-state index contributed by atoms with van der Waals surface area (Å²) in [5.74, 6) is 0. The second kappa shape index (κ2) is 5.67. The van der Waals surface area contributed by atoms with E-state index < -0.39 is 10.0 Å². The fourth-order valence-corrected chi connectivity index (χ4v) is 5.55. The zero-order valence-electron chi connectivity index (χ0n) is 12.3. The van der Waals surface area contributed by atoms with Gasteiger partial charge in [0, 0.05) is 29.0 Å². The fourth-order valence-electron chi connectivity index (χ4n) is 2.94. The van der Waals surface area contributed by atoms with Gasteiger partial charge in [0.1, 0.15) is 4.90 Å². The third-order valence-corrected chi connectivity index (χ3v) is 7.06. The Morgan fingerprint density at radius 3 is 2.64 bits per heavy atom. The van der Waals surface area contributed by atoms with E-state index in [1.54, 1.807) is 18.2 Å². The van der Waals surface area contributed by atoms with Crippen molar-refractivity contribution in [3.63, 3.8) is 0 Å². The van der Waals surface area contributed by atoms with Crippen molar-refractivity contribution in [1.82, 2.24) is 8.87 Å². The van der Waals surface area contributed by atoms with E-state index in [1.807, 2.05) is 26.0 Å². The summed E-state index contributed by atoms with van der Waals surface area (Å²) in [5, 5.41) is 0.235. The van der Waals surface area contributed by atoms with E-state index in [0.29, 0.717) is 13.1 Å². The first-order valence-corrected chi connectivity index (χ1v) is 9.56. The van der Waals surface area contributed by atoms with Crippen LogP contribution >= 0.6 is 27.5 Å². The SMILES string of the molecule is Cc1ccc2n1CCN(S(=O)(=O)c1ccc(Br)cc1Cl)[C@@H]2C. The molecule has 0 unspecified atom stereocenters. The highest BCUT2D eigenvalue weighted by atomic mass is 79.9. The van der Waals surface area contributed by atoms with Crippen LogP contribution in [0.2, 0.25) is 5.02 Å². The van der Waals surface area contributed by atoms with Crippen LogP contribution < -0.4 is 0 Å². The topological polar surface area (TPSA) is 42.3 Å². The van der Waals surface area contributed by atoms with Crippen LogP contribution in [0.1, 0.15) is 24.4 Å². The third kappa shape index (κ3) is 2.52. The van der Waals surface area contributed by atoms with Crippen LogP contribution in [0.25, 0.3) is 0 Å². The van der Waals surface area contributed by atoms with Gasteiger partial charge in [0.05, 0.1) is 11.1 Å². The monoisotopic (exact) mass is 402 g/mol. The molecule has 3 rings (SSSR count). The smallest absolute Gasteiger partial charge is 0.245 e. The lowest BCUT2D eigenvalue weighted by Gasteiger charge is -2.34. The number of nitrogens with zero attached hydrogens (tertiary/aromatic N) is 2. The molecule has 1 aliphatic rings. The van der Waals surface area contributed by atoms with Crippen molar-refractivity contribution in [2.45, 2.75) is 31.3 Å². The summed E-state index contributed by atoms with van der Waals surface area (Å²) in [4.78, 5) is 0.154. The Bertz CT molecular complexity index is 832. The predicted molar refractivity (Wildman–Crippen MR) is 90.6 cm³/mol. The van der Waals surface area contributed by atoms with Crippen LogP contribution in [0.15, 0.2) is 39.7 Å². The number of rotatable bonds is 2. The van der Waals surface area contributed by atoms with Gasteiger partial charge in [0.25, 0.3) is 0 Å². The lowest BCUT2D eigenvalue weighted by atomic mass is 10.2. The molecule has 22 heavy (non-hydrogen) atoms. The van der Waals surface area contributed by atoms with E-state index >= 15 is 0 Å². The van der Waals surface area contributed by atoms with Crippen molar-refractivity contribution in [1.29, 1.82) is 0 Å². The minimum Gasteiger partial charge on any atom is -0.346 e. The summed E-state index contributed by atoms with van der Waals surface area (Å²) in [6, 6.07) is 8.65. The summed E-state index contributed by atoms with van der Waals surface area (Å²) in [6.45, 7) is 5.05. The predicted octanol–water partition coefficient (Wildman–Crippen LogP) is 3.98. The van der Waals surface area contributed by atoms with Gasteiger partial charge in [-0.05, 0) is 44.2 Å². The van der Waals surface area contributed by atoms with Crippen LogP contribution in [-0.4, -0.2) is 23.8 Å². The number of aryl methyl sites for hydroxylation is 1. The summed E-state index contributed by atoms with van der Waals surface area (Å²) in [6.07, 6.45) is 0. The highest BCUT2D eigenvalue weighted by molar-refractivity contribution is 9.10. The Labute approximate surface area is 143 Å². The molecule has 7 heteroatoms. The largest absolute Gasteiger partial charge is 0.346 e. The van der Waals surface area contributed by atoms with Crippen LogP contribution in [0, 0.1) is 6.92 Å². The molecule has 2 heterocycles. The van der Waals surface area contributed by atoms with E-state index in [2.05, 4.69) is 20.5 Å². The molecule has 1 aliphatic heterocycles. The molecule has 1 aromatic carbocycles. The Kier molecular flexibility index (Phi) is 4.14. The maximum atomic E-state index is 13.0. The van der Waals surface area contributed by atoms with Gasteiger partial charge >= 0.3 is 0 Å². The number of fused-ring (bicyclic) bond motifs is 1. The summed E-state index contributed by atoms with van der Waals surface area (Å²) in [7, 11) is -3.62. The first kappa shape index (κ1) is 16.1. The number of hydrogen-bond donors (Lipinski definition) is 0. The molecule has 1 atom stereocenters. The molecule has 0 amide bonds. The van der Waals surface area contributed by atoms with Crippen molar-refractivity contribution in [2.75, 3.05) is 6.54 Å². The molecule has 0 fully saturated rings. The second-order valence-corrected chi connectivity index (χ2v) is 8.60. The average Bonchev–Trinajstić information content (AvgIpc) is 2.81. The number of sulfonamides is 1. The molecule has 4 nitrogen and oxygen atoms in total. The molecule has 118 valence electrons. The summed E-state index contributed by atoms with van der Waals surface area (Å²) < 4.78 is 30.4.